The monoisotopic (exact) mass is 240 g/mol. The number of hydrogen-bond acceptors (Lipinski definition) is 3. The third-order valence-electron chi connectivity index (χ3n) is 2.76. The van der Waals surface area contributed by atoms with E-state index in [2.05, 4.69) is 30.0 Å². The molecule has 4 nitrogen and oxygen atoms in total. The van der Waals surface area contributed by atoms with Crippen LogP contribution in [0.4, 0.5) is 0 Å². The fourth-order valence-electron chi connectivity index (χ4n) is 1.61. The number of methoxy groups -OCH3 is 1. The van der Waals surface area contributed by atoms with Gasteiger partial charge in [0, 0.05) is 32.1 Å². The molecule has 0 radical (unpaired) electrons. The summed E-state index contributed by atoms with van der Waals surface area (Å²) in [5.41, 5.74) is 7.22. The Kier molecular flexibility index (Phi) is 6.93. The normalized spacial score (nSPS) is 12.9. The van der Waals surface area contributed by atoms with Gasteiger partial charge in [-0.2, -0.15) is 0 Å². The average Bonchev–Trinajstić information content (AvgIpc) is 2.76. The second kappa shape index (κ2) is 8.28. The number of nitrogens with two attached hydrogens (primary N) is 1. The van der Waals surface area contributed by atoms with E-state index in [0.717, 1.165) is 26.0 Å². The van der Waals surface area contributed by atoms with Gasteiger partial charge in [0.1, 0.15) is 0 Å². The minimum atomic E-state index is 0.267. The fraction of sp³-hybridized carbons (Fsp3) is 0.692. The molecule has 1 rings (SSSR count). The predicted octanol–water partition coefficient (Wildman–Crippen LogP) is 1.43. The lowest BCUT2D eigenvalue weighted by Gasteiger charge is -2.06. The second-order valence-electron chi connectivity index (χ2n) is 4.24. The molecule has 0 aromatic carbocycles. The molecule has 17 heavy (non-hydrogen) atoms. The van der Waals surface area contributed by atoms with Crippen molar-refractivity contribution in [2.75, 3.05) is 26.9 Å². The number of nitrogens with zero attached hydrogens (tertiary/aromatic N) is 1. The smallest absolute Gasteiger partial charge is 0.0701 e. The van der Waals surface area contributed by atoms with Crippen molar-refractivity contribution in [3.63, 3.8) is 0 Å². The predicted molar refractivity (Wildman–Crippen MR) is 69.1 cm³/mol. The summed E-state index contributed by atoms with van der Waals surface area (Å²) in [4.78, 5) is 0. The number of rotatable bonds is 9. The minimum absolute atomic E-state index is 0.267. The summed E-state index contributed by atoms with van der Waals surface area (Å²) in [6.07, 6.45) is 6.20. The lowest BCUT2D eigenvalue weighted by Crippen LogP contribution is -2.21. The van der Waals surface area contributed by atoms with Crippen molar-refractivity contribution in [2.45, 2.75) is 32.4 Å². The van der Waals surface area contributed by atoms with Crippen LogP contribution in [0.15, 0.2) is 18.5 Å². The van der Waals surface area contributed by atoms with Gasteiger partial charge in [0.05, 0.1) is 19.8 Å². The first kappa shape index (κ1) is 14.2. The SMILES string of the molecule is CCC(N)Cc1ccn(CCOCCOC)c1. The van der Waals surface area contributed by atoms with E-state index in [1.165, 1.54) is 5.56 Å². The lowest BCUT2D eigenvalue weighted by molar-refractivity contribution is 0.0666. The van der Waals surface area contributed by atoms with Crippen molar-refractivity contribution in [1.29, 1.82) is 0 Å². The standard InChI is InChI=1S/C13H24N2O2/c1-3-13(14)10-12-4-5-15(11-12)6-7-17-9-8-16-2/h4-5,11,13H,3,6-10,14H2,1-2H3. The molecule has 0 aliphatic heterocycles. The van der Waals surface area contributed by atoms with E-state index in [0.29, 0.717) is 13.2 Å². The number of ether oxygens (including phenoxy) is 2. The zero-order chi connectivity index (χ0) is 12.5. The molecule has 98 valence electrons. The first-order valence-corrected chi connectivity index (χ1v) is 6.23. The minimum Gasteiger partial charge on any atom is -0.382 e. The van der Waals surface area contributed by atoms with Crippen molar-refractivity contribution in [2.24, 2.45) is 5.73 Å². The summed E-state index contributed by atoms with van der Waals surface area (Å²) >= 11 is 0. The van der Waals surface area contributed by atoms with E-state index in [9.17, 15) is 0 Å². The highest BCUT2D eigenvalue weighted by Gasteiger charge is 2.02. The highest BCUT2D eigenvalue weighted by Crippen LogP contribution is 2.05. The molecule has 0 amide bonds. The zero-order valence-electron chi connectivity index (χ0n) is 10.9. The quantitative estimate of drug-likeness (QED) is 0.664. The van der Waals surface area contributed by atoms with Crippen LogP contribution in [0.2, 0.25) is 0 Å². The fourth-order valence-corrected chi connectivity index (χ4v) is 1.61. The van der Waals surface area contributed by atoms with E-state index < -0.39 is 0 Å². The Labute approximate surface area is 104 Å². The van der Waals surface area contributed by atoms with Gasteiger partial charge in [-0.15, -0.1) is 0 Å². The van der Waals surface area contributed by atoms with Gasteiger partial charge in [-0.3, -0.25) is 0 Å². The highest BCUT2D eigenvalue weighted by molar-refractivity contribution is 5.11. The topological polar surface area (TPSA) is 49.4 Å². The van der Waals surface area contributed by atoms with Gasteiger partial charge < -0.3 is 19.8 Å². The van der Waals surface area contributed by atoms with Gasteiger partial charge in [0.2, 0.25) is 0 Å². The molecule has 0 bridgehead atoms. The Morgan fingerprint density at radius 3 is 2.88 bits per heavy atom. The summed E-state index contributed by atoms with van der Waals surface area (Å²) in [6.45, 7) is 5.03. The molecule has 0 aliphatic rings. The van der Waals surface area contributed by atoms with Gasteiger partial charge in [0.15, 0.2) is 0 Å². The lowest BCUT2D eigenvalue weighted by atomic mass is 10.1. The summed E-state index contributed by atoms with van der Waals surface area (Å²) in [7, 11) is 1.68. The van der Waals surface area contributed by atoms with E-state index in [4.69, 9.17) is 15.2 Å². The van der Waals surface area contributed by atoms with E-state index in [1.54, 1.807) is 7.11 Å². The van der Waals surface area contributed by atoms with Crippen LogP contribution in [0.5, 0.6) is 0 Å². The van der Waals surface area contributed by atoms with Crippen LogP contribution in [0, 0.1) is 0 Å². The van der Waals surface area contributed by atoms with Gasteiger partial charge in [0.25, 0.3) is 0 Å². The van der Waals surface area contributed by atoms with E-state index in [-0.39, 0.29) is 6.04 Å². The second-order valence-corrected chi connectivity index (χ2v) is 4.24. The van der Waals surface area contributed by atoms with Crippen molar-refractivity contribution in [3.8, 4) is 0 Å². The van der Waals surface area contributed by atoms with Gasteiger partial charge in [-0.1, -0.05) is 6.92 Å². The molecule has 2 N–H and O–H groups in total. The summed E-state index contributed by atoms with van der Waals surface area (Å²) in [6, 6.07) is 2.40. The molecule has 0 saturated carbocycles. The molecule has 0 fully saturated rings. The zero-order valence-corrected chi connectivity index (χ0v) is 10.9. The first-order valence-electron chi connectivity index (χ1n) is 6.23. The number of hydrogen-bond donors (Lipinski definition) is 1. The van der Waals surface area contributed by atoms with Crippen LogP contribution in [-0.4, -0.2) is 37.5 Å². The maximum absolute atomic E-state index is 5.92. The van der Waals surface area contributed by atoms with Gasteiger partial charge in [-0.25, -0.2) is 0 Å². The van der Waals surface area contributed by atoms with Gasteiger partial charge in [-0.05, 0) is 24.5 Å². The average molecular weight is 240 g/mol. The van der Waals surface area contributed by atoms with Crippen molar-refractivity contribution >= 4 is 0 Å². The molecule has 0 spiro atoms. The largest absolute Gasteiger partial charge is 0.382 e. The van der Waals surface area contributed by atoms with E-state index in [1.807, 2.05) is 0 Å². The molecule has 1 atom stereocenters. The first-order chi connectivity index (χ1) is 8.26. The Morgan fingerprint density at radius 1 is 1.35 bits per heavy atom. The molecule has 1 aromatic rings. The molecular formula is C13H24N2O2. The maximum Gasteiger partial charge on any atom is 0.0701 e. The van der Waals surface area contributed by atoms with Crippen LogP contribution in [0.3, 0.4) is 0 Å². The Hall–Kier alpha value is -0.840. The maximum atomic E-state index is 5.92. The summed E-state index contributed by atoms with van der Waals surface area (Å²) < 4.78 is 12.5. The van der Waals surface area contributed by atoms with Crippen LogP contribution in [0.1, 0.15) is 18.9 Å². The molecular weight excluding hydrogens is 216 g/mol. The molecule has 0 aliphatic carbocycles. The highest BCUT2D eigenvalue weighted by atomic mass is 16.5. The van der Waals surface area contributed by atoms with Gasteiger partial charge >= 0.3 is 0 Å². The van der Waals surface area contributed by atoms with Crippen molar-refractivity contribution in [1.82, 2.24) is 4.57 Å². The van der Waals surface area contributed by atoms with Crippen molar-refractivity contribution in [3.05, 3.63) is 24.0 Å². The van der Waals surface area contributed by atoms with Crippen molar-refractivity contribution < 1.29 is 9.47 Å². The Morgan fingerprint density at radius 2 is 2.18 bits per heavy atom. The third kappa shape index (κ3) is 5.86. The molecule has 0 saturated heterocycles. The van der Waals surface area contributed by atoms with Crippen LogP contribution in [-0.2, 0) is 22.4 Å². The summed E-state index contributed by atoms with van der Waals surface area (Å²) in [5.74, 6) is 0. The Balaban J connectivity index is 2.21. The molecule has 1 heterocycles. The molecule has 4 heteroatoms. The van der Waals surface area contributed by atoms with Crippen LogP contribution in [0.25, 0.3) is 0 Å². The number of aromatic nitrogens is 1. The van der Waals surface area contributed by atoms with E-state index >= 15 is 0 Å². The molecule has 1 aromatic heterocycles. The Bertz CT molecular complexity index is 299. The van der Waals surface area contributed by atoms with Crippen LogP contribution >= 0.6 is 0 Å². The third-order valence-corrected chi connectivity index (χ3v) is 2.76. The molecule has 1 unspecified atom stereocenters. The van der Waals surface area contributed by atoms with Crippen LogP contribution < -0.4 is 5.73 Å². The summed E-state index contributed by atoms with van der Waals surface area (Å²) in [5, 5.41) is 0.